The van der Waals surface area contributed by atoms with Gasteiger partial charge in [0.25, 0.3) is 5.91 Å². The number of carbonyl (C=O) groups excluding carboxylic acids is 1. The fraction of sp³-hybridized carbons (Fsp3) is 0.0667. The molecule has 0 spiro atoms. The van der Waals surface area contributed by atoms with Gasteiger partial charge in [0.2, 0.25) is 0 Å². The Labute approximate surface area is 134 Å². The number of amides is 1. The molecule has 0 aliphatic carbocycles. The third kappa shape index (κ3) is 3.58. The van der Waals surface area contributed by atoms with Crippen LogP contribution in [0.2, 0.25) is 0 Å². The number of hydrogen-bond acceptors (Lipinski definition) is 6. The number of aromatic carboxylic acids is 1. The summed E-state index contributed by atoms with van der Waals surface area (Å²) >= 11 is 0. The summed E-state index contributed by atoms with van der Waals surface area (Å²) in [4.78, 5) is 37.6. The predicted octanol–water partition coefficient (Wildman–Crippen LogP) is 1.07. The first-order valence-electron chi connectivity index (χ1n) is 6.55. The van der Waals surface area contributed by atoms with Crippen molar-refractivity contribution >= 4 is 23.5 Å². The van der Waals surface area contributed by atoms with Crippen molar-refractivity contribution in [2.45, 2.75) is 6.42 Å². The summed E-state index contributed by atoms with van der Waals surface area (Å²) in [6, 6.07) is 3.13. The Balaban J connectivity index is 2.33. The lowest BCUT2D eigenvalue weighted by molar-refractivity contribution is -0.136. The standard InChI is InChI=1S/C15H12N2O7/c18-11-5-8(12(19)3-7(11)4-13(20)21)14(22)17-10-1-2-16-6-9(10)15(23)24/h1-3,5-6,18-19H,4H2,(H,20,21)(H,23,24)(H,16,17,22). The van der Waals surface area contributed by atoms with Gasteiger partial charge in [-0.15, -0.1) is 0 Å². The highest BCUT2D eigenvalue weighted by atomic mass is 16.4. The molecule has 9 heteroatoms. The molecular formula is C15H12N2O7. The van der Waals surface area contributed by atoms with Crippen LogP contribution in [0.15, 0.2) is 30.6 Å². The number of carboxylic acid groups (broad SMARTS) is 2. The quantitative estimate of drug-likeness (QED) is 0.509. The molecule has 2 rings (SSSR count). The largest absolute Gasteiger partial charge is 0.508 e. The zero-order valence-electron chi connectivity index (χ0n) is 12.1. The second kappa shape index (κ2) is 6.65. The van der Waals surface area contributed by atoms with E-state index in [4.69, 9.17) is 10.2 Å². The number of aromatic nitrogens is 1. The number of aromatic hydroxyl groups is 2. The van der Waals surface area contributed by atoms with Crippen LogP contribution in [0.4, 0.5) is 5.69 Å². The number of nitrogens with one attached hydrogen (secondary N) is 1. The third-order valence-electron chi connectivity index (χ3n) is 3.08. The number of pyridine rings is 1. The number of carbonyl (C=O) groups is 3. The Morgan fingerprint density at radius 1 is 1.04 bits per heavy atom. The minimum atomic E-state index is -1.30. The zero-order valence-corrected chi connectivity index (χ0v) is 12.1. The number of aliphatic carboxylic acids is 1. The minimum Gasteiger partial charge on any atom is -0.508 e. The van der Waals surface area contributed by atoms with Crippen LogP contribution in [0.1, 0.15) is 26.3 Å². The molecule has 0 radical (unpaired) electrons. The molecule has 0 saturated carbocycles. The second-order valence-electron chi connectivity index (χ2n) is 4.75. The Morgan fingerprint density at radius 3 is 2.38 bits per heavy atom. The Bertz CT molecular complexity index is 833. The summed E-state index contributed by atoms with van der Waals surface area (Å²) in [5.74, 6) is -4.42. The van der Waals surface area contributed by atoms with E-state index >= 15 is 0 Å². The summed E-state index contributed by atoms with van der Waals surface area (Å²) in [7, 11) is 0. The third-order valence-corrected chi connectivity index (χ3v) is 3.08. The van der Waals surface area contributed by atoms with Crippen LogP contribution in [0.3, 0.4) is 0 Å². The molecule has 0 bridgehead atoms. The van der Waals surface area contributed by atoms with E-state index in [1.165, 1.54) is 12.3 Å². The molecular weight excluding hydrogens is 320 g/mol. The van der Waals surface area contributed by atoms with Crippen LogP contribution in [-0.4, -0.2) is 43.3 Å². The van der Waals surface area contributed by atoms with E-state index in [1.807, 2.05) is 0 Å². The molecule has 5 N–H and O–H groups in total. The molecule has 9 nitrogen and oxygen atoms in total. The van der Waals surface area contributed by atoms with Crippen molar-refractivity contribution in [3.63, 3.8) is 0 Å². The molecule has 1 amide bonds. The van der Waals surface area contributed by atoms with E-state index < -0.39 is 35.8 Å². The molecule has 124 valence electrons. The van der Waals surface area contributed by atoms with Gasteiger partial charge in [-0.05, 0) is 18.2 Å². The lowest BCUT2D eigenvalue weighted by atomic mass is 10.1. The molecule has 0 aliphatic rings. The van der Waals surface area contributed by atoms with Gasteiger partial charge in [-0.1, -0.05) is 0 Å². The molecule has 0 saturated heterocycles. The van der Waals surface area contributed by atoms with Crippen molar-refractivity contribution in [1.29, 1.82) is 0 Å². The Kier molecular flexibility index (Phi) is 4.64. The van der Waals surface area contributed by atoms with Gasteiger partial charge in [0.05, 0.1) is 17.7 Å². The number of carboxylic acids is 2. The summed E-state index contributed by atoms with van der Waals surface area (Å²) in [5.41, 5.74) is -0.700. The number of anilines is 1. The average Bonchev–Trinajstić information content (AvgIpc) is 2.50. The Morgan fingerprint density at radius 2 is 1.75 bits per heavy atom. The number of benzene rings is 1. The molecule has 1 aromatic heterocycles. The monoisotopic (exact) mass is 332 g/mol. The van der Waals surface area contributed by atoms with Crippen LogP contribution in [0, 0.1) is 0 Å². The molecule has 24 heavy (non-hydrogen) atoms. The van der Waals surface area contributed by atoms with Crippen molar-refractivity contribution in [3.05, 3.63) is 47.3 Å². The van der Waals surface area contributed by atoms with E-state index in [9.17, 15) is 24.6 Å². The van der Waals surface area contributed by atoms with Gasteiger partial charge >= 0.3 is 11.9 Å². The number of hydrogen-bond donors (Lipinski definition) is 5. The van der Waals surface area contributed by atoms with Crippen LogP contribution in [-0.2, 0) is 11.2 Å². The minimum absolute atomic E-state index is 0.0454. The predicted molar refractivity (Wildman–Crippen MR) is 80.3 cm³/mol. The zero-order chi connectivity index (χ0) is 17.9. The number of rotatable bonds is 5. The smallest absolute Gasteiger partial charge is 0.339 e. The van der Waals surface area contributed by atoms with Crippen molar-refractivity contribution in [1.82, 2.24) is 4.98 Å². The lowest BCUT2D eigenvalue weighted by Crippen LogP contribution is -2.15. The average molecular weight is 332 g/mol. The van der Waals surface area contributed by atoms with E-state index in [-0.39, 0.29) is 22.4 Å². The maximum Gasteiger partial charge on any atom is 0.339 e. The summed E-state index contributed by atoms with van der Waals surface area (Å²) < 4.78 is 0. The van der Waals surface area contributed by atoms with E-state index in [0.29, 0.717) is 0 Å². The molecule has 0 atom stereocenters. The van der Waals surface area contributed by atoms with E-state index in [2.05, 4.69) is 10.3 Å². The van der Waals surface area contributed by atoms with E-state index in [1.54, 1.807) is 0 Å². The topological polar surface area (TPSA) is 157 Å². The van der Waals surface area contributed by atoms with Gasteiger partial charge in [-0.25, -0.2) is 4.79 Å². The fourth-order valence-corrected chi connectivity index (χ4v) is 1.97. The van der Waals surface area contributed by atoms with Crippen LogP contribution in [0.25, 0.3) is 0 Å². The highest BCUT2D eigenvalue weighted by Crippen LogP contribution is 2.28. The lowest BCUT2D eigenvalue weighted by Gasteiger charge is -2.11. The van der Waals surface area contributed by atoms with Crippen molar-refractivity contribution < 1.29 is 34.8 Å². The normalized spacial score (nSPS) is 10.2. The van der Waals surface area contributed by atoms with Gasteiger partial charge in [0.1, 0.15) is 17.1 Å². The first-order valence-corrected chi connectivity index (χ1v) is 6.55. The molecule has 1 aromatic carbocycles. The van der Waals surface area contributed by atoms with Crippen molar-refractivity contribution in [3.8, 4) is 11.5 Å². The summed E-state index contributed by atoms with van der Waals surface area (Å²) in [6.07, 6.45) is 1.79. The number of nitrogens with zero attached hydrogens (tertiary/aromatic N) is 1. The van der Waals surface area contributed by atoms with Gasteiger partial charge in [-0.3, -0.25) is 14.6 Å². The van der Waals surface area contributed by atoms with Crippen molar-refractivity contribution in [2.24, 2.45) is 0 Å². The highest BCUT2D eigenvalue weighted by molar-refractivity contribution is 6.09. The number of phenols is 2. The highest BCUT2D eigenvalue weighted by Gasteiger charge is 2.19. The van der Waals surface area contributed by atoms with Crippen molar-refractivity contribution in [2.75, 3.05) is 5.32 Å². The SMILES string of the molecule is O=C(O)Cc1cc(O)c(C(=O)Nc2ccncc2C(=O)O)cc1O. The molecule has 0 unspecified atom stereocenters. The van der Waals surface area contributed by atoms with Gasteiger partial charge < -0.3 is 25.7 Å². The first kappa shape index (κ1) is 16.7. The second-order valence-corrected chi connectivity index (χ2v) is 4.75. The van der Waals surface area contributed by atoms with Gasteiger partial charge in [0.15, 0.2) is 0 Å². The maximum atomic E-state index is 12.2. The van der Waals surface area contributed by atoms with Crippen LogP contribution in [0.5, 0.6) is 11.5 Å². The first-order chi connectivity index (χ1) is 11.3. The van der Waals surface area contributed by atoms with E-state index in [0.717, 1.165) is 18.3 Å². The summed E-state index contributed by atoms with van der Waals surface area (Å²) in [6.45, 7) is 0. The van der Waals surface area contributed by atoms with Crippen LogP contribution < -0.4 is 5.32 Å². The molecule has 1 heterocycles. The van der Waals surface area contributed by atoms with Gasteiger partial charge in [0, 0.05) is 18.0 Å². The molecule has 2 aromatic rings. The fourth-order valence-electron chi connectivity index (χ4n) is 1.97. The molecule has 0 aliphatic heterocycles. The van der Waals surface area contributed by atoms with Gasteiger partial charge in [-0.2, -0.15) is 0 Å². The van der Waals surface area contributed by atoms with Crippen LogP contribution >= 0.6 is 0 Å². The maximum absolute atomic E-state index is 12.2. The number of phenolic OH excluding ortho intramolecular Hbond substituents is 2. The summed E-state index contributed by atoms with van der Waals surface area (Å²) in [5, 5.41) is 39.7. The Hall–Kier alpha value is -3.62. The molecule has 0 fully saturated rings.